The van der Waals surface area contributed by atoms with Crippen LogP contribution in [0.5, 0.6) is 0 Å². The molecule has 9 heteroatoms. The summed E-state index contributed by atoms with van der Waals surface area (Å²) in [6, 6.07) is 1.91. The van der Waals surface area contributed by atoms with Gasteiger partial charge in [0.15, 0.2) is 5.02 Å². The lowest BCUT2D eigenvalue weighted by atomic mass is 9.87. The molecule has 1 fully saturated rings. The van der Waals surface area contributed by atoms with E-state index in [1.54, 1.807) is 0 Å². The highest BCUT2D eigenvalue weighted by molar-refractivity contribution is 6.35. The number of halogens is 1. The number of hydrogen-bond acceptors (Lipinski definition) is 5. The lowest BCUT2D eigenvalue weighted by molar-refractivity contribution is -0.393. The lowest BCUT2D eigenvalue weighted by Crippen LogP contribution is -2.38. The minimum atomic E-state index is -0.838. The SMILES string of the molecule is CC1CCCC(NC(=O)c2cc([N+](=O)[O-])c(Cl)c([N+](=O)[O-])c2)C1. The van der Waals surface area contributed by atoms with Crippen LogP contribution in [0, 0.1) is 26.1 Å². The maximum atomic E-state index is 12.3. The number of nitro groups is 2. The number of rotatable bonds is 4. The molecule has 1 aliphatic rings. The molecule has 124 valence electrons. The number of carbonyl (C=O) groups is 1. The fraction of sp³-hybridized carbons (Fsp3) is 0.500. The highest BCUT2D eigenvalue weighted by Gasteiger charge is 2.28. The van der Waals surface area contributed by atoms with Gasteiger partial charge in [-0.25, -0.2) is 0 Å². The van der Waals surface area contributed by atoms with Crippen LogP contribution in [0.15, 0.2) is 12.1 Å². The summed E-state index contributed by atoms with van der Waals surface area (Å²) < 4.78 is 0. The van der Waals surface area contributed by atoms with Gasteiger partial charge < -0.3 is 5.32 Å². The van der Waals surface area contributed by atoms with Gasteiger partial charge >= 0.3 is 0 Å². The summed E-state index contributed by atoms with van der Waals surface area (Å²) >= 11 is 5.67. The summed E-state index contributed by atoms with van der Waals surface area (Å²) in [5.41, 5.74) is -1.43. The van der Waals surface area contributed by atoms with Crippen molar-refractivity contribution in [2.75, 3.05) is 0 Å². The molecule has 0 bridgehead atoms. The number of nitro benzene ring substituents is 2. The van der Waals surface area contributed by atoms with Gasteiger partial charge in [-0.3, -0.25) is 25.0 Å². The van der Waals surface area contributed by atoms with Gasteiger partial charge in [-0.1, -0.05) is 31.4 Å². The van der Waals surface area contributed by atoms with Crippen LogP contribution in [0.2, 0.25) is 5.02 Å². The summed E-state index contributed by atoms with van der Waals surface area (Å²) in [7, 11) is 0. The Morgan fingerprint density at radius 2 is 1.78 bits per heavy atom. The lowest BCUT2D eigenvalue weighted by Gasteiger charge is -2.27. The van der Waals surface area contributed by atoms with Crippen LogP contribution < -0.4 is 5.32 Å². The van der Waals surface area contributed by atoms with Crippen molar-refractivity contribution in [3.63, 3.8) is 0 Å². The minimum absolute atomic E-state index is 0.0277. The van der Waals surface area contributed by atoms with Crippen LogP contribution in [0.25, 0.3) is 0 Å². The van der Waals surface area contributed by atoms with E-state index in [-0.39, 0.29) is 11.6 Å². The second-order valence-corrected chi connectivity index (χ2v) is 6.16. The van der Waals surface area contributed by atoms with E-state index in [2.05, 4.69) is 12.2 Å². The van der Waals surface area contributed by atoms with Crippen LogP contribution in [-0.2, 0) is 0 Å². The third-order valence-electron chi connectivity index (χ3n) is 3.96. The van der Waals surface area contributed by atoms with E-state index in [4.69, 9.17) is 11.6 Å². The van der Waals surface area contributed by atoms with Gasteiger partial charge in [0.1, 0.15) is 0 Å². The molecule has 2 unspecified atom stereocenters. The average molecular weight is 342 g/mol. The Bertz CT molecular complexity index is 629. The van der Waals surface area contributed by atoms with E-state index < -0.39 is 32.2 Å². The number of amides is 1. The number of carbonyl (C=O) groups excluding carboxylic acids is 1. The van der Waals surface area contributed by atoms with Gasteiger partial charge in [0.05, 0.1) is 15.4 Å². The van der Waals surface area contributed by atoms with Gasteiger partial charge in [-0.15, -0.1) is 0 Å². The van der Waals surface area contributed by atoms with Crippen LogP contribution in [0.1, 0.15) is 43.0 Å². The quantitative estimate of drug-likeness (QED) is 0.665. The Morgan fingerprint density at radius 3 is 2.26 bits per heavy atom. The molecule has 0 saturated heterocycles. The molecule has 2 atom stereocenters. The first-order valence-corrected chi connectivity index (χ1v) is 7.60. The zero-order valence-corrected chi connectivity index (χ0v) is 13.2. The largest absolute Gasteiger partial charge is 0.349 e. The van der Waals surface area contributed by atoms with Gasteiger partial charge in [0, 0.05) is 18.2 Å². The molecular formula is C14H16ClN3O5. The van der Waals surface area contributed by atoms with Crippen molar-refractivity contribution in [3.8, 4) is 0 Å². The van der Waals surface area contributed by atoms with Gasteiger partial charge in [-0.05, 0) is 18.8 Å². The minimum Gasteiger partial charge on any atom is -0.349 e. The third-order valence-corrected chi connectivity index (χ3v) is 4.35. The number of nitrogens with one attached hydrogen (secondary N) is 1. The van der Waals surface area contributed by atoms with Crippen molar-refractivity contribution < 1.29 is 14.6 Å². The smallest absolute Gasteiger partial charge is 0.295 e. The molecule has 0 aromatic heterocycles. The molecule has 8 nitrogen and oxygen atoms in total. The standard InChI is InChI=1S/C14H16ClN3O5/c1-8-3-2-4-10(5-8)16-14(19)9-6-11(17(20)21)13(15)12(7-9)18(22)23/h6-8,10H,2-5H2,1H3,(H,16,19). The molecule has 2 rings (SSSR count). The van der Waals surface area contributed by atoms with Gasteiger partial charge in [0.25, 0.3) is 17.3 Å². The predicted octanol–water partition coefficient (Wildman–Crippen LogP) is 3.46. The first-order chi connectivity index (χ1) is 10.8. The van der Waals surface area contributed by atoms with E-state index in [0.29, 0.717) is 5.92 Å². The Labute approximate surface area is 137 Å². The molecule has 0 radical (unpaired) electrons. The first-order valence-electron chi connectivity index (χ1n) is 7.22. The number of hydrogen-bond donors (Lipinski definition) is 1. The molecule has 1 N–H and O–H groups in total. The maximum Gasteiger partial charge on any atom is 0.295 e. The zero-order valence-electron chi connectivity index (χ0n) is 12.5. The van der Waals surface area contributed by atoms with Crippen molar-refractivity contribution in [1.29, 1.82) is 0 Å². The average Bonchev–Trinajstić information content (AvgIpc) is 2.46. The van der Waals surface area contributed by atoms with E-state index in [1.807, 2.05) is 0 Å². The summed E-state index contributed by atoms with van der Waals surface area (Å²) in [5, 5.41) is 24.2. The number of nitrogens with zero attached hydrogens (tertiary/aromatic N) is 2. The van der Waals surface area contributed by atoms with Crippen LogP contribution in [-0.4, -0.2) is 21.8 Å². The highest BCUT2D eigenvalue weighted by Crippen LogP contribution is 2.35. The predicted molar refractivity (Wildman–Crippen MR) is 83.6 cm³/mol. The summed E-state index contributed by atoms with van der Waals surface area (Å²) in [5.74, 6) is -0.0742. The van der Waals surface area contributed by atoms with Crippen molar-refractivity contribution >= 4 is 28.9 Å². The monoisotopic (exact) mass is 341 g/mol. The second kappa shape index (κ2) is 6.91. The van der Waals surface area contributed by atoms with Gasteiger partial charge in [-0.2, -0.15) is 0 Å². The normalized spacial score (nSPS) is 20.8. The van der Waals surface area contributed by atoms with Crippen LogP contribution in [0.3, 0.4) is 0 Å². The molecule has 1 saturated carbocycles. The van der Waals surface area contributed by atoms with E-state index in [1.165, 1.54) is 0 Å². The van der Waals surface area contributed by atoms with Crippen molar-refractivity contribution in [1.82, 2.24) is 5.32 Å². The van der Waals surface area contributed by atoms with Crippen LogP contribution in [0.4, 0.5) is 11.4 Å². The van der Waals surface area contributed by atoms with Crippen molar-refractivity contribution in [2.45, 2.75) is 38.6 Å². The highest BCUT2D eigenvalue weighted by atomic mass is 35.5. The van der Waals surface area contributed by atoms with E-state index in [0.717, 1.165) is 37.8 Å². The molecule has 1 aromatic carbocycles. The Morgan fingerprint density at radius 1 is 1.22 bits per heavy atom. The fourth-order valence-corrected chi connectivity index (χ4v) is 3.07. The maximum absolute atomic E-state index is 12.3. The molecule has 0 aliphatic heterocycles. The van der Waals surface area contributed by atoms with Gasteiger partial charge in [0.2, 0.25) is 0 Å². The number of benzene rings is 1. The first kappa shape index (κ1) is 17.1. The summed E-state index contributed by atoms with van der Waals surface area (Å²) in [4.78, 5) is 32.5. The molecule has 1 aromatic rings. The molecular weight excluding hydrogens is 326 g/mol. The molecule has 23 heavy (non-hydrogen) atoms. The van der Waals surface area contributed by atoms with E-state index >= 15 is 0 Å². The van der Waals surface area contributed by atoms with Crippen LogP contribution >= 0.6 is 11.6 Å². The summed E-state index contributed by atoms with van der Waals surface area (Å²) in [6.45, 7) is 2.09. The molecule has 0 heterocycles. The molecule has 0 spiro atoms. The summed E-state index contributed by atoms with van der Waals surface area (Å²) in [6.07, 6.45) is 3.74. The van der Waals surface area contributed by atoms with E-state index in [9.17, 15) is 25.0 Å². The van der Waals surface area contributed by atoms with Crippen molar-refractivity contribution in [3.05, 3.63) is 42.9 Å². The fourth-order valence-electron chi connectivity index (χ4n) is 2.82. The zero-order chi connectivity index (χ0) is 17.1. The molecule has 1 aliphatic carbocycles. The topological polar surface area (TPSA) is 115 Å². The Hall–Kier alpha value is -2.22. The third kappa shape index (κ3) is 3.95. The Balaban J connectivity index is 2.29. The second-order valence-electron chi connectivity index (χ2n) is 5.78. The van der Waals surface area contributed by atoms with Crippen molar-refractivity contribution in [2.24, 2.45) is 5.92 Å². The Kier molecular flexibility index (Phi) is 5.15. The molecule has 1 amide bonds.